The fourth-order valence-corrected chi connectivity index (χ4v) is 3.49. The summed E-state index contributed by atoms with van der Waals surface area (Å²) in [6, 6.07) is 12.2. The van der Waals surface area contributed by atoms with Crippen LogP contribution in [0.5, 0.6) is 0 Å². The molecule has 7 heteroatoms. The van der Waals surface area contributed by atoms with Gasteiger partial charge in [0.1, 0.15) is 0 Å². The third-order valence-corrected chi connectivity index (χ3v) is 5.14. The molecule has 0 saturated carbocycles. The lowest BCUT2D eigenvalue weighted by Crippen LogP contribution is -2.23. The van der Waals surface area contributed by atoms with Gasteiger partial charge in [0.2, 0.25) is 17.6 Å². The number of amides is 1. The molecule has 1 aromatic carbocycles. The van der Waals surface area contributed by atoms with E-state index in [1.54, 1.807) is 23.1 Å². The number of hydrogen-bond acceptors (Lipinski definition) is 6. The lowest BCUT2D eigenvalue weighted by atomic mass is 10.2. The van der Waals surface area contributed by atoms with Gasteiger partial charge in [-0.05, 0) is 30.5 Å². The largest absolute Gasteiger partial charge is 0.347 e. The van der Waals surface area contributed by atoms with E-state index in [1.165, 1.54) is 10.5 Å². The van der Waals surface area contributed by atoms with Gasteiger partial charge >= 0.3 is 0 Å². The lowest BCUT2D eigenvalue weighted by molar-refractivity contribution is -0.120. The molecule has 5 nitrogen and oxygen atoms in total. The maximum absolute atomic E-state index is 11.9. The number of aromatic nitrogens is 2. The van der Waals surface area contributed by atoms with Gasteiger partial charge in [0.25, 0.3) is 0 Å². The summed E-state index contributed by atoms with van der Waals surface area (Å²) in [7, 11) is 0. The average molecular weight is 359 g/mol. The summed E-state index contributed by atoms with van der Waals surface area (Å²) in [5.41, 5.74) is 1.23. The van der Waals surface area contributed by atoms with Crippen LogP contribution in [0.1, 0.15) is 17.9 Å². The highest BCUT2D eigenvalue weighted by Crippen LogP contribution is 2.21. The Hall–Kier alpha value is -2.12. The molecule has 0 bridgehead atoms. The summed E-state index contributed by atoms with van der Waals surface area (Å²) < 4.78 is 5.15. The summed E-state index contributed by atoms with van der Waals surface area (Å²) in [6.07, 6.45) is 0.449. The Morgan fingerprint density at radius 2 is 2.12 bits per heavy atom. The second-order valence-corrected chi connectivity index (χ2v) is 7.29. The average Bonchev–Trinajstić information content (AvgIpc) is 3.26. The summed E-state index contributed by atoms with van der Waals surface area (Å²) in [4.78, 5) is 18.3. The molecule has 0 aliphatic rings. The van der Waals surface area contributed by atoms with E-state index in [0.29, 0.717) is 18.1 Å². The fourth-order valence-electron chi connectivity index (χ4n) is 1.99. The van der Waals surface area contributed by atoms with Gasteiger partial charge in [-0.25, -0.2) is 0 Å². The standard InChI is InChI=1S/C17H17N3O2S2/c1-12-4-6-13(7-5-12)23-10-8-15(21)18-11-16-19-17(20-22-16)14-3-2-9-24-14/h2-7,9H,8,10-11H2,1H3,(H,18,21). The molecule has 24 heavy (non-hydrogen) atoms. The van der Waals surface area contributed by atoms with Crippen LogP contribution in [0.3, 0.4) is 0 Å². The van der Waals surface area contributed by atoms with Crippen LogP contribution in [-0.4, -0.2) is 21.8 Å². The van der Waals surface area contributed by atoms with Crippen LogP contribution < -0.4 is 5.32 Å². The molecule has 2 heterocycles. The zero-order valence-electron chi connectivity index (χ0n) is 13.2. The fraction of sp³-hybridized carbons (Fsp3) is 0.235. The number of thiophene rings is 1. The molecule has 0 aliphatic carbocycles. The zero-order valence-corrected chi connectivity index (χ0v) is 14.8. The van der Waals surface area contributed by atoms with Gasteiger partial charge in [-0.2, -0.15) is 4.98 Å². The smallest absolute Gasteiger partial charge is 0.246 e. The SMILES string of the molecule is Cc1ccc(SCCC(=O)NCc2nc(-c3cccs3)no2)cc1. The van der Waals surface area contributed by atoms with Crippen LogP contribution in [0.4, 0.5) is 0 Å². The first-order valence-corrected chi connectivity index (χ1v) is 9.40. The van der Waals surface area contributed by atoms with Crippen molar-refractivity contribution >= 4 is 29.0 Å². The molecule has 0 radical (unpaired) electrons. The Bertz CT molecular complexity index is 783. The van der Waals surface area contributed by atoms with Gasteiger partial charge < -0.3 is 9.84 Å². The highest BCUT2D eigenvalue weighted by molar-refractivity contribution is 7.99. The molecule has 124 valence electrons. The Morgan fingerprint density at radius 1 is 1.29 bits per heavy atom. The molecule has 0 spiro atoms. The van der Waals surface area contributed by atoms with Crippen LogP contribution >= 0.6 is 23.1 Å². The topological polar surface area (TPSA) is 68.0 Å². The van der Waals surface area contributed by atoms with Gasteiger partial charge in [-0.3, -0.25) is 4.79 Å². The number of nitrogens with one attached hydrogen (secondary N) is 1. The first kappa shape index (κ1) is 16.7. The summed E-state index contributed by atoms with van der Waals surface area (Å²) in [5.74, 6) is 1.69. The summed E-state index contributed by atoms with van der Waals surface area (Å²) >= 11 is 3.22. The quantitative estimate of drug-likeness (QED) is 0.648. The van der Waals surface area contributed by atoms with Gasteiger partial charge in [0.15, 0.2) is 0 Å². The minimum absolute atomic E-state index is 0.0227. The zero-order chi connectivity index (χ0) is 16.8. The number of nitrogens with zero attached hydrogens (tertiary/aromatic N) is 2. The van der Waals surface area contributed by atoms with Crippen molar-refractivity contribution in [1.29, 1.82) is 0 Å². The molecule has 0 aliphatic heterocycles. The van der Waals surface area contributed by atoms with Gasteiger partial charge in [0, 0.05) is 17.1 Å². The maximum atomic E-state index is 11.9. The minimum atomic E-state index is -0.0227. The number of thioether (sulfide) groups is 1. The Morgan fingerprint density at radius 3 is 2.88 bits per heavy atom. The first-order valence-electron chi connectivity index (χ1n) is 7.53. The number of rotatable bonds is 7. The van der Waals surface area contributed by atoms with Crippen molar-refractivity contribution in [3.8, 4) is 10.7 Å². The van der Waals surface area contributed by atoms with Crippen molar-refractivity contribution in [2.45, 2.75) is 24.8 Å². The highest BCUT2D eigenvalue weighted by Gasteiger charge is 2.10. The Labute approximate surface area is 148 Å². The lowest BCUT2D eigenvalue weighted by Gasteiger charge is -2.03. The van der Waals surface area contributed by atoms with Crippen molar-refractivity contribution in [2.24, 2.45) is 0 Å². The van der Waals surface area contributed by atoms with E-state index >= 15 is 0 Å². The van der Waals surface area contributed by atoms with E-state index < -0.39 is 0 Å². The van der Waals surface area contributed by atoms with Gasteiger partial charge in [-0.15, -0.1) is 23.1 Å². The molecule has 0 fully saturated rings. The van der Waals surface area contributed by atoms with Crippen molar-refractivity contribution in [2.75, 3.05) is 5.75 Å². The van der Waals surface area contributed by atoms with Crippen molar-refractivity contribution < 1.29 is 9.32 Å². The summed E-state index contributed by atoms with van der Waals surface area (Å²) in [6.45, 7) is 2.32. The molecular formula is C17H17N3O2S2. The van der Waals surface area contributed by atoms with E-state index in [1.807, 2.05) is 17.5 Å². The van der Waals surface area contributed by atoms with Gasteiger partial charge in [-0.1, -0.05) is 28.9 Å². The molecule has 2 aromatic heterocycles. The molecule has 3 aromatic rings. The molecule has 0 unspecified atom stereocenters. The van der Waals surface area contributed by atoms with E-state index in [-0.39, 0.29) is 12.5 Å². The third kappa shape index (κ3) is 4.69. The van der Waals surface area contributed by atoms with E-state index in [2.05, 4.69) is 46.6 Å². The molecule has 1 N–H and O–H groups in total. The molecule has 0 saturated heterocycles. The second kappa shape index (κ2) is 8.12. The molecule has 1 amide bonds. The molecule has 0 atom stereocenters. The number of hydrogen-bond donors (Lipinski definition) is 1. The first-order chi connectivity index (χ1) is 11.7. The Kier molecular flexibility index (Phi) is 5.66. The summed E-state index contributed by atoms with van der Waals surface area (Å²) in [5, 5.41) is 8.68. The molecular weight excluding hydrogens is 342 g/mol. The number of carbonyl (C=O) groups is 1. The number of aryl methyl sites for hydroxylation is 1. The van der Waals surface area contributed by atoms with Crippen molar-refractivity contribution in [3.63, 3.8) is 0 Å². The second-order valence-electron chi connectivity index (χ2n) is 5.18. The van der Waals surface area contributed by atoms with E-state index in [9.17, 15) is 4.79 Å². The number of benzene rings is 1. The van der Waals surface area contributed by atoms with Crippen molar-refractivity contribution in [1.82, 2.24) is 15.5 Å². The highest BCUT2D eigenvalue weighted by atomic mass is 32.2. The number of carbonyl (C=O) groups excluding carboxylic acids is 1. The van der Waals surface area contributed by atoms with Crippen LogP contribution in [0, 0.1) is 6.92 Å². The van der Waals surface area contributed by atoms with Crippen LogP contribution in [0.25, 0.3) is 10.7 Å². The predicted octanol–water partition coefficient (Wildman–Crippen LogP) is 3.91. The van der Waals surface area contributed by atoms with Crippen LogP contribution in [-0.2, 0) is 11.3 Å². The maximum Gasteiger partial charge on any atom is 0.246 e. The van der Waals surface area contributed by atoms with E-state index in [4.69, 9.17) is 4.52 Å². The Balaban J connectivity index is 1.40. The van der Waals surface area contributed by atoms with Crippen molar-refractivity contribution in [3.05, 3.63) is 53.2 Å². The monoisotopic (exact) mass is 359 g/mol. The van der Waals surface area contributed by atoms with Crippen LogP contribution in [0.15, 0.2) is 51.2 Å². The minimum Gasteiger partial charge on any atom is -0.347 e. The van der Waals surface area contributed by atoms with Gasteiger partial charge in [0.05, 0.1) is 11.4 Å². The normalized spacial score (nSPS) is 10.7. The third-order valence-electron chi connectivity index (χ3n) is 3.27. The van der Waals surface area contributed by atoms with Crippen LogP contribution in [0.2, 0.25) is 0 Å². The van der Waals surface area contributed by atoms with E-state index in [0.717, 1.165) is 10.6 Å². The molecule has 3 rings (SSSR count). The predicted molar refractivity (Wildman–Crippen MR) is 96.0 cm³/mol.